The molecular formula is C15H13Cl2N3OS. The first kappa shape index (κ1) is 15.3. The number of nitrogens with zero attached hydrogens (tertiary/aromatic N) is 2. The monoisotopic (exact) mass is 353 g/mol. The number of hydrogen-bond acceptors (Lipinski definition) is 3. The Kier molecular flexibility index (Phi) is 4.66. The summed E-state index contributed by atoms with van der Waals surface area (Å²) in [6.07, 6.45) is 6.22. The molecule has 0 spiro atoms. The number of thiophene rings is 1. The number of aryl methyl sites for hydroxylation is 1. The quantitative estimate of drug-likeness (QED) is 0.697. The molecule has 4 nitrogen and oxygen atoms in total. The Bertz CT molecular complexity index is 799. The Morgan fingerprint density at radius 2 is 2.23 bits per heavy atom. The maximum Gasteiger partial charge on any atom is 0.262 e. The lowest BCUT2D eigenvalue weighted by molar-refractivity contribution is 0.0957. The van der Waals surface area contributed by atoms with Crippen LogP contribution in [0.2, 0.25) is 10.0 Å². The Labute approximate surface area is 141 Å². The van der Waals surface area contributed by atoms with Crippen molar-refractivity contribution in [2.24, 2.45) is 0 Å². The van der Waals surface area contributed by atoms with E-state index < -0.39 is 0 Å². The topological polar surface area (TPSA) is 46.9 Å². The molecule has 0 radical (unpaired) electrons. The third-order valence-corrected chi connectivity index (χ3v) is 5.13. The van der Waals surface area contributed by atoms with Gasteiger partial charge in [0, 0.05) is 40.6 Å². The van der Waals surface area contributed by atoms with Gasteiger partial charge in [0.25, 0.3) is 5.91 Å². The first-order valence-corrected chi connectivity index (χ1v) is 8.34. The Balaban J connectivity index is 1.63. The summed E-state index contributed by atoms with van der Waals surface area (Å²) in [5.74, 6) is -0.145. The molecule has 0 bridgehead atoms. The molecule has 0 saturated heterocycles. The third kappa shape index (κ3) is 3.27. The van der Waals surface area contributed by atoms with E-state index in [9.17, 15) is 4.79 Å². The van der Waals surface area contributed by atoms with Crippen LogP contribution in [0, 0.1) is 0 Å². The fraction of sp³-hybridized carbons (Fsp3) is 0.200. The second kappa shape index (κ2) is 6.69. The SMILES string of the molecule is O=C(NCCCn1ccnc1)c1sc2cc(Cl)ccc2c1Cl. The molecular weight excluding hydrogens is 341 g/mol. The van der Waals surface area contributed by atoms with Crippen LogP contribution in [-0.2, 0) is 6.54 Å². The van der Waals surface area contributed by atoms with Gasteiger partial charge >= 0.3 is 0 Å². The van der Waals surface area contributed by atoms with E-state index >= 15 is 0 Å². The molecule has 22 heavy (non-hydrogen) atoms. The largest absolute Gasteiger partial charge is 0.351 e. The smallest absolute Gasteiger partial charge is 0.262 e. The molecule has 0 atom stereocenters. The first-order chi connectivity index (χ1) is 10.6. The molecule has 3 aromatic rings. The van der Waals surface area contributed by atoms with Crippen LogP contribution in [-0.4, -0.2) is 22.0 Å². The fourth-order valence-corrected chi connectivity index (χ4v) is 3.86. The van der Waals surface area contributed by atoms with E-state index in [2.05, 4.69) is 10.3 Å². The van der Waals surface area contributed by atoms with Gasteiger partial charge in [0.2, 0.25) is 0 Å². The van der Waals surface area contributed by atoms with Crippen molar-refractivity contribution < 1.29 is 4.79 Å². The van der Waals surface area contributed by atoms with Crippen molar-refractivity contribution in [1.29, 1.82) is 0 Å². The highest BCUT2D eigenvalue weighted by Crippen LogP contribution is 2.36. The normalized spacial score (nSPS) is 11.0. The van der Waals surface area contributed by atoms with E-state index in [-0.39, 0.29) is 5.91 Å². The van der Waals surface area contributed by atoms with Gasteiger partial charge in [0.05, 0.1) is 11.3 Å². The summed E-state index contributed by atoms with van der Waals surface area (Å²) in [7, 11) is 0. The highest BCUT2D eigenvalue weighted by atomic mass is 35.5. The first-order valence-electron chi connectivity index (χ1n) is 6.76. The van der Waals surface area contributed by atoms with Gasteiger partial charge < -0.3 is 9.88 Å². The van der Waals surface area contributed by atoms with E-state index in [0.717, 1.165) is 23.1 Å². The summed E-state index contributed by atoms with van der Waals surface area (Å²) in [5.41, 5.74) is 0. The molecule has 0 aliphatic rings. The second-order valence-corrected chi connectivity index (χ2v) is 6.66. The third-order valence-electron chi connectivity index (χ3n) is 3.24. The summed E-state index contributed by atoms with van der Waals surface area (Å²) in [6, 6.07) is 5.44. The van der Waals surface area contributed by atoms with Crippen LogP contribution < -0.4 is 5.32 Å². The van der Waals surface area contributed by atoms with E-state index in [0.29, 0.717) is 21.5 Å². The number of hydrogen-bond donors (Lipinski definition) is 1. The number of carbonyl (C=O) groups is 1. The van der Waals surface area contributed by atoms with Gasteiger partial charge in [-0.2, -0.15) is 0 Å². The van der Waals surface area contributed by atoms with Crippen molar-refractivity contribution >= 4 is 50.5 Å². The zero-order chi connectivity index (χ0) is 15.5. The van der Waals surface area contributed by atoms with Crippen molar-refractivity contribution in [1.82, 2.24) is 14.9 Å². The fourth-order valence-electron chi connectivity index (χ4n) is 2.15. The van der Waals surface area contributed by atoms with Crippen molar-refractivity contribution in [3.63, 3.8) is 0 Å². The molecule has 0 fully saturated rings. The molecule has 1 N–H and O–H groups in total. The van der Waals surface area contributed by atoms with Crippen LogP contribution in [0.25, 0.3) is 10.1 Å². The van der Waals surface area contributed by atoms with Gasteiger partial charge in [-0.25, -0.2) is 4.98 Å². The molecule has 0 saturated carbocycles. The number of nitrogens with one attached hydrogen (secondary N) is 1. The average Bonchev–Trinajstić information content (AvgIpc) is 3.11. The summed E-state index contributed by atoms with van der Waals surface area (Å²) in [5, 5.41) is 4.89. The zero-order valence-corrected chi connectivity index (χ0v) is 13.9. The number of halogens is 2. The summed E-state index contributed by atoms with van der Waals surface area (Å²) >= 11 is 13.6. The van der Waals surface area contributed by atoms with Gasteiger partial charge in [-0.1, -0.05) is 29.3 Å². The summed E-state index contributed by atoms with van der Waals surface area (Å²) in [6.45, 7) is 1.40. The Morgan fingerprint density at radius 3 is 3.00 bits per heavy atom. The highest BCUT2D eigenvalue weighted by molar-refractivity contribution is 7.21. The molecule has 0 aliphatic carbocycles. The molecule has 3 rings (SSSR count). The maximum absolute atomic E-state index is 12.2. The molecule has 1 aromatic carbocycles. The van der Waals surface area contributed by atoms with Gasteiger partial charge in [0.15, 0.2) is 0 Å². The second-order valence-electron chi connectivity index (χ2n) is 4.80. The maximum atomic E-state index is 12.2. The number of imidazole rings is 1. The Hall–Kier alpha value is -1.56. The van der Waals surface area contributed by atoms with Crippen LogP contribution in [0.4, 0.5) is 0 Å². The minimum Gasteiger partial charge on any atom is -0.351 e. The average molecular weight is 354 g/mol. The lowest BCUT2D eigenvalue weighted by Crippen LogP contribution is -2.24. The van der Waals surface area contributed by atoms with E-state index in [1.54, 1.807) is 18.6 Å². The van der Waals surface area contributed by atoms with Crippen molar-refractivity contribution in [2.45, 2.75) is 13.0 Å². The Morgan fingerprint density at radius 1 is 1.36 bits per heavy atom. The number of rotatable bonds is 5. The van der Waals surface area contributed by atoms with E-state index in [1.165, 1.54) is 11.3 Å². The summed E-state index contributed by atoms with van der Waals surface area (Å²) in [4.78, 5) is 16.7. The molecule has 0 aliphatic heterocycles. The molecule has 7 heteroatoms. The van der Waals surface area contributed by atoms with Crippen molar-refractivity contribution in [3.8, 4) is 0 Å². The number of benzene rings is 1. The summed E-state index contributed by atoms with van der Waals surface area (Å²) < 4.78 is 2.89. The predicted octanol–water partition coefficient (Wildman–Crippen LogP) is 4.22. The zero-order valence-electron chi connectivity index (χ0n) is 11.6. The number of amides is 1. The molecule has 0 unspecified atom stereocenters. The van der Waals surface area contributed by atoms with E-state index in [4.69, 9.17) is 23.2 Å². The van der Waals surface area contributed by atoms with Gasteiger partial charge in [-0.15, -0.1) is 11.3 Å². The van der Waals surface area contributed by atoms with Crippen molar-refractivity contribution in [3.05, 3.63) is 51.8 Å². The van der Waals surface area contributed by atoms with Crippen molar-refractivity contribution in [2.75, 3.05) is 6.54 Å². The molecule has 1 amide bonds. The highest BCUT2D eigenvalue weighted by Gasteiger charge is 2.16. The van der Waals surface area contributed by atoms with Gasteiger partial charge in [0.1, 0.15) is 4.88 Å². The minimum absolute atomic E-state index is 0.145. The van der Waals surface area contributed by atoms with Crippen LogP contribution in [0.1, 0.15) is 16.1 Å². The predicted molar refractivity (Wildman–Crippen MR) is 91.0 cm³/mol. The van der Waals surface area contributed by atoms with E-state index in [1.807, 2.05) is 22.9 Å². The number of fused-ring (bicyclic) bond motifs is 1. The minimum atomic E-state index is -0.145. The van der Waals surface area contributed by atoms with Crippen LogP contribution in [0.3, 0.4) is 0 Å². The lowest BCUT2D eigenvalue weighted by atomic mass is 10.2. The number of carbonyl (C=O) groups excluding carboxylic acids is 1. The van der Waals surface area contributed by atoms with Crippen LogP contribution >= 0.6 is 34.5 Å². The molecule has 2 aromatic heterocycles. The standard InChI is InChI=1S/C15H13Cl2N3OS/c16-10-2-3-11-12(8-10)22-14(13(11)17)15(21)19-4-1-6-20-7-5-18-9-20/h2-3,5,7-9H,1,4,6H2,(H,19,21). The van der Waals surface area contributed by atoms with Gasteiger partial charge in [-0.3, -0.25) is 4.79 Å². The lowest BCUT2D eigenvalue weighted by Gasteiger charge is -2.04. The van der Waals surface area contributed by atoms with Crippen LogP contribution in [0.15, 0.2) is 36.9 Å². The molecule has 114 valence electrons. The van der Waals surface area contributed by atoms with Crippen LogP contribution in [0.5, 0.6) is 0 Å². The van der Waals surface area contributed by atoms with Gasteiger partial charge in [-0.05, 0) is 18.6 Å². The number of aromatic nitrogens is 2. The molecule has 2 heterocycles.